The summed E-state index contributed by atoms with van der Waals surface area (Å²) in [5.74, 6) is 2.32. The zero-order chi connectivity index (χ0) is 20.5. The summed E-state index contributed by atoms with van der Waals surface area (Å²) < 4.78 is 8.07. The van der Waals surface area contributed by atoms with Crippen molar-refractivity contribution in [3.63, 3.8) is 0 Å². The third kappa shape index (κ3) is 3.60. The van der Waals surface area contributed by atoms with Crippen LogP contribution in [0.25, 0.3) is 11.0 Å². The Hall–Kier alpha value is -3.09. The highest BCUT2D eigenvalue weighted by Gasteiger charge is 2.27. The molecule has 151 valence electrons. The molecule has 1 aliphatic heterocycles. The lowest BCUT2D eigenvalue weighted by molar-refractivity contribution is 0.482. The average molecular weight is 419 g/mol. The second-order valence-corrected chi connectivity index (χ2v) is 7.77. The molecule has 1 fully saturated rings. The lowest BCUT2D eigenvalue weighted by Gasteiger charge is -2.29. The van der Waals surface area contributed by atoms with E-state index in [1.165, 1.54) is 0 Å². The first-order valence-corrected chi connectivity index (χ1v) is 10.3. The van der Waals surface area contributed by atoms with Gasteiger partial charge in [0.2, 0.25) is 5.95 Å². The quantitative estimate of drug-likeness (QED) is 0.508. The van der Waals surface area contributed by atoms with E-state index in [9.17, 15) is 0 Å². The second kappa shape index (κ2) is 7.97. The third-order valence-corrected chi connectivity index (χ3v) is 5.63. The van der Waals surface area contributed by atoms with E-state index < -0.39 is 0 Å². The minimum Gasteiger partial charge on any atom is -0.457 e. The van der Waals surface area contributed by atoms with E-state index in [0.29, 0.717) is 11.8 Å². The lowest BCUT2D eigenvalue weighted by Crippen LogP contribution is -2.34. The summed E-state index contributed by atoms with van der Waals surface area (Å²) in [6.07, 6.45) is 5.50. The standard InChI is InChI=1S/C23H21ClN5O/c1-28-22-7-6-20(30-19-9-12-25-13-10-19)14-21(22)27-23(28)29(18-8-11-26-15-18)17-4-2-16(24)3-5-17/h2-7,9-10,12,14,18,26H,8,11,15H2,1H3/t18-/m1/s1. The van der Waals surface area contributed by atoms with Gasteiger partial charge in [-0.2, -0.15) is 0 Å². The molecule has 1 N–H and O–H groups in total. The zero-order valence-electron chi connectivity index (χ0n) is 16.5. The molecule has 4 aromatic rings. The molecular weight excluding hydrogens is 398 g/mol. The van der Waals surface area contributed by atoms with Crippen molar-refractivity contribution < 1.29 is 4.74 Å². The fourth-order valence-corrected chi connectivity index (χ4v) is 4.03. The SMILES string of the molecule is Cn1c(N(c2ccc(Cl)cc2)[C@@H]2CCNC2)nc2cc(Oc3c[c]ncc3)ccc21. The molecule has 2 aromatic heterocycles. The Balaban J connectivity index is 1.55. The number of imidazole rings is 1. The van der Waals surface area contributed by atoms with Gasteiger partial charge in [0, 0.05) is 42.6 Å². The number of ether oxygens (including phenoxy) is 1. The Labute approximate surface area is 180 Å². The summed E-state index contributed by atoms with van der Waals surface area (Å²) in [7, 11) is 2.05. The van der Waals surface area contributed by atoms with E-state index >= 15 is 0 Å². The first-order valence-electron chi connectivity index (χ1n) is 9.91. The number of aromatic nitrogens is 3. The number of aryl methyl sites for hydroxylation is 1. The average Bonchev–Trinajstić information content (AvgIpc) is 3.40. The van der Waals surface area contributed by atoms with Gasteiger partial charge in [0.25, 0.3) is 0 Å². The van der Waals surface area contributed by atoms with Gasteiger partial charge in [-0.05, 0) is 55.4 Å². The van der Waals surface area contributed by atoms with Crippen LogP contribution in [0.2, 0.25) is 5.02 Å². The van der Waals surface area contributed by atoms with Crippen LogP contribution in [0.3, 0.4) is 0 Å². The Kier molecular flexibility index (Phi) is 5.02. The van der Waals surface area contributed by atoms with Crippen LogP contribution in [0.15, 0.2) is 60.8 Å². The van der Waals surface area contributed by atoms with Crippen LogP contribution in [0, 0.1) is 6.20 Å². The van der Waals surface area contributed by atoms with Crippen molar-refractivity contribution >= 4 is 34.3 Å². The number of halogens is 1. The van der Waals surface area contributed by atoms with Gasteiger partial charge in [0.05, 0.1) is 23.3 Å². The molecule has 2 aromatic carbocycles. The number of benzene rings is 2. The van der Waals surface area contributed by atoms with Crippen LogP contribution < -0.4 is 15.0 Å². The van der Waals surface area contributed by atoms with E-state index in [1.807, 2.05) is 37.4 Å². The molecule has 0 unspecified atom stereocenters. The van der Waals surface area contributed by atoms with Gasteiger partial charge in [-0.15, -0.1) is 0 Å². The highest BCUT2D eigenvalue weighted by molar-refractivity contribution is 6.30. The van der Waals surface area contributed by atoms with Crippen molar-refractivity contribution in [1.29, 1.82) is 0 Å². The van der Waals surface area contributed by atoms with Gasteiger partial charge in [0.1, 0.15) is 11.5 Å². The summed E-state index contributed by atoms with van der Waals surface area (Å²) in [5, 5.41) is 4.19. The fraction of sp³-hybridized carbons (Fsp3) is 0.217. The Morgan fingerprint density at radius 1 is 1.17 bits per heavy atom. The number of anilines is 2. The third-order valence-electron chi connectivity index (χ3n) is 5.38. The predicted molar refractivity (Wildman–Crippen MR) is 119 cm³/mol. The monoisotopic (exact) mass is 418 g/mol. The molecule has 1 radical (unpaired) electrons. The number of fused-ring (bicyclic) bond motifs is 1. The van der Waals surface area contributed by atoms with Crippen LogP contribution in [0.5, 0.6) is 11.5 Å². The number of rotatable bonds is 5. The van der Waals surface area contributed by atoms with Gasteiger partial charge in [-0.1, -0.05) is 11.6 Å². The normalized spacial score (nSPS) is 16.1. The molecule has 1 saturated heterocycles. The molecule has 0 aliphatic carbocycles. The minimum absolute atomic E-state index is 0.324. The van der Waals surface area contributed by atoms with Crippen LogP contribution in [0.1, 0.15) is 6.42 Å². The number of pyridine rings is 1. The number of nitrogens with zero attached hydrogens (tertiary/aromatic N) is 4. The maximum Gasteiger partial charge on any atom is 0.211 e. The van der Waals surface area contributed by atoms with E-state index in [-0.39, 0.29) is 0 Å². The largest absolute Gasteiger partial charge is 0.457 e. The van der Waals surface area contributed by atoms with Crippen LogP contribution in [-0.4, -0.2) is 33.7 Å². The maximum absolute atomic E-state index is 6.13. The van der Waals surface area contributed by atoms with E-state index in [1.54, 1.807) is 18.3 Å². The van der Waals surface area contributed by atoms with Crippen molar-refractivity contribution in [1.82, 2.24) is 19.9 Å². The molecule has 5 rings (SSSR count). The Morgan fingerprint density at radius 2 is 2.03 bits per heavy atom. The molecule has 3 heterocycles. The number of nitrogens with one attached hydrogen (secondary N) is 1. The Morgan fingerprint density at radius 3 is 2.77 bits per heavy atom. The first-order chi connectivity index (χ1) is 14.7. The molecule has 0 spiro atoms. The van der Waals surface area contributed by atoms with Gasteiger partial charge in [0.15, 0.2) is 0 Å². The molecular formula is C23H21ClN5O. The van der Waals surface area contributed by atoms with Crippen molar-refractivity contribution in [2.75, 3.05) is 18.0 Å². The van der Waals surface area contributed by atoms with Gasteiger partial charge >= 0.3 is 0 Å². The number of hydrogen-bond donors (Lipinski definition) is 1. The van der Waals surface area contributed by atoms with E-state index in [4.69, 9.17) is 21.3 Å². The summed E-state index contributed by atoms with van der Waals surface area (Å²) in [4.78, 5) is 11.2. The summed E-state index contributed by atoms with van der Waals surface area (Å²) in [5.41, 5.74) is 3.01. The van der Waals surface area contributed by atoms with Crippen molar-refractivity contribution in [2.24, 2.45) is 7.05 Å². The smallest absolute Gasteiger partial charge is 0.211 e. The van der Waals surface area contributed by atoms with Crippen LogP contribution in [0.4, 0.5) is 11.6 Å². The molecule has 1 atom stereocenters. The zero-order valence-corrected chi connectivity index (χ0v) is 17.3. The first kappa shape index (κ1) is 18.9. The molecule has 0 saturated carbocycles. The minimum atomic E-state index is 0.324. The molecule has 7 heteroatoms. The van der Waals surface area contributed by atoms with Crippen LogP contribution >= 0.6 is 11.6 Å². The molecule has 1 aliphatic rings. The molecule has 6 nitrogen and oxygen atoms in total. The van der Waals surface area contributed by atoms with Gasteiger partial charge in [-0.25, -0.2) is 4.98 Å². The fourth-order valence-electron chi connectivity index (χ4n) is 3.90. The lowest BCUT2D eigenvalue weighted by atomic mass is 10.2. The topological polar surface area (TPSA) is 55.2 Å². The van der Waals surface area contributed by atoms with Gasteiger partial charge in [-0.3, -0.25) is 4.98 Å². The molecule has 0 bridgehead atoms. The number of hydrogen-bond acceptors (Lipinski definition) is 5. The van der Waals surface area contributed by atoms with Crippen molar-refractivity contribution in [3.05, 3.63) is 72.0 Å². The van der Waals surface area contributed by atoms with E-state index in [0.717, 1.165) is 53.0 Å². The summed E-state index contributed by atoms with van der Waals surface area (Å²) >= 11 is 6.13. The second-order valence-electron chi connectivity index (χ2n) is 7.34. The van der Waals surface area contributed by atoms with Crippen LogP contribution in [-0.2, 0) is 7.05 Å². The van der Waals surface area contributed by atoms with Gasteiger partial charge < -0.3 is 19.5 Å². The highest BCUT2D eigenvalue weighted by atomic mass is 35.5. The molecule has 30 heavy (non-hydrogen) atoms. The van der Waals surface area contributed by atoms with Crippen molar-refractivity contribution in [3.8, 4) is 11.5 Å². The van der Waals surface area contributed by atoms with E-state index in [2.05, 4.69) is 38.1 Å². The van der Waals surface area contributed by atoms with Crippen molar-refractivity contribution in [2.45, 2.75) is 12.5 Å². The summed E-state index contributed by atoms with van der Waals surface area (Å²) in [6.45, 7) is 1.92. The molecule has 0 amide bonds. The summed E-state index contributed by atoms with van der Waals surface area (Å²) in [6, 6.07) is 17.7. The highest BCUT2D eigenvalue weighted by Crippen LogP contribution is 2.34. The maximum atomic E-state index is 6.13. The predicted octanol–water partition coefficient (Wildman–Crippen LogP) is 4.71. The Bertz CT molecular complexity index is 1150.